The lowest BCUT2D eigenvalue weighted by Gasteiger charge is -2.08. The molecule has 0 atom stereocenters. The van der Waals surface area contributed by atoms with Crippen molar-refractivity contribution in [3.8, 4) is 5.75 Å². The Labute approximate surface area is 161 Å². The lowest BCUT2D eigenvalue weighted by atomic mass is 10.1. The van der Waals surface area contributed by atoms with Gasteiger partial charge in [0.05, 0.1) is 10.2 Å². The van der Waals surface area contributed by atoms with Gasteiger partial charge in [-0.15, -0.1) is 0 Å². The summed E-state index contributed by atoms with van der Waals surface area (Å²) >= 11 is 1.39. The third kappa shape index (κ3) is 4.83. The molecular formula is C20H20N2O4S. The molecule has 3 rings (SSSR count). The molecular weight excluding hydrogens is 364 g/mol. The minimum absolute atomic E-state index is 0.252. The van der Waals surface area contributed by atoms with Gasteiger partial charge in [0.15, 0.2) is 18.3 Å². The van der Waals surface area contributed by atoms with Gasteiger partial charge in [0.25, 0.3) is 5.91 Å². The van der Waals surface area contributed by atoms with Crippen LogP contribution < -0.4 is 10.1 Å². The highest BCUT2D eigenvalue weighted by Crippen LogP contribution is 2.29. The minimum Gasteiger partial charge on any atom is -0.482 e. The topological polar surface area (TPSA) is 77.5 Å². The number of nitrogens with one attached hydrogen (secondary N) is 1. The van der Waals surface area contributed by atoms with E-state index in [1.54, 1.807) is 6.07 Å². The number of aryl methyl sites for hydroxylation is 3. The molecule has 0 spiro atoms. The zero-order valence-electron chi connectivity index (χ0n) is 15.4. The molecule has 6 nitrogen and oxygen atoms in total. The molecule has 0 aliphatic heterocycles. The molecule has 140 valence electrons. The van der Waals surface area contributed by atoms with E-state index < -0.39 is 11.9 Å². The van der Waals surface area contributed by atoms with Crippen LogP contribution in [0.2, 0.25) is 0 Å². The number of carbonyl (C=O) groups is 2. The third-order valence-electron chi connectivity index (χ3n) is 3.88. The van der Waals surface area contributed by atoms with Crippen LogP contribution in [0, 0.1) is 20.8 Å². The van der Waals surface area contributed by atoms with Crippen LogP contribution in [0.4, 0.5) is 5.13 Å². The molecule has 3 aromatic rings. The zero-order valence-corrected chi connectivity index (χ0v) is 16.2. The Bertz CT molecular complexity index is 997. The molecule has 0 aliphatic rings. The van der Waals surface area contributed by atoms with Gasteiger partial charge in [-0.1, -0.05) is 35.6 Å². The molecule has 7 heteroatoms. The van der Waals surface area contributed by atoms with Crippen molar-refractivity contribution in [2.45, 2.75) is 20.8 Å². The van der Waals surface area contributed by atoms with Crippen molar-refractivity contribution in [3.63, 3.8) is 0 Å². The fraction of sp³-hybridized carbons (Fsp3) is 0.250. The number of rotatable bonds is 6. The quantitative estimate of drug-likeness (QED) is 0.655. The maximum atomic E-state index is 12.0. The van der Waals surface area contributed by atoms with Crippen molar-refractivity contribution in [2.75, 3.05) is 18.5 Å². The molecule has 0 saturated heterocycles. The normalized spacial score (nSPS) is 10.6. The zero-order chi connectivity index (χ0) is 19.4. The Hall–Kier alpha value is -2.93. The van der Waals surface area contributed by atoms with Gasteiger partial charge in [-0.05, 0) is 49.6 Å². The number of ether oxygens (including phenoxy) is 2. The summed E-state index contributed by atoms with van der Waals surface area (Å²) in [5, 5.41) is 3.15. The fourth-order valence-corrected chi connectivity index (χ4v) is 3.68. The van der Waals surface area contributed by atoms with Gasteiger partial charge in [0.1, 0.15) is 5.75 Å². The number of benzene rings is 2. The third-order valence-corrected chi connectivity index (χ3v) is 4.80. The summed E-state index contributed by atoms with van der Waals surface area (Å²) in [7, 11) is 0. The maximum Gasteiger partial charge on any atom is 0.344 e. The number of para-hydroxylation sites is 1. The number of fused-ring (bicyclic) bond motifs is 1. The Balaban J connectivity index is 1.50. The van der Waals surface area contributed by atoms with Crippen LogP contribution in [-0.4, -0.2) is 30.1 Å². The minimum atomic E-state index is -0.607. The molecule has 0 radical (unpaired) electrons. The van der Waals surface area contributed by atoms with Gasteiger partial charge >= 0.3 is 5.97 Å². The standard InChI is InChI=1S/C20H20N2O4S/c1-12-8-14(3)19-16(9-12)27-20(22-19)21-17(23)10-26-18(24)11-25-15-7-5-4-6-13(15)2/h4-9H,10-11H2,1-3H3,(H,21,22,23). The molecule has 0 bridgehead atoms. The maximum absolute atomic E-state index is 12.0. The van der Waals surface area contributed by atoms with Crippen molar-refractivity contribution in [1.29, 1.82) is 0 Å². The second kappa shape index (κ2) is 8.18. The summed E-state index contributed by atoms with van der Waals surface area (Å²) in [6.07, 6.45) is 0. The number of esters is 1. The van der Waals surface area contributed by atoms with E-state index in [1.165, 1.54) is 11.3 Å². The van der Waals surface area contributed by atoms with E-state index >= 15 is 0 Å². The highest BCUT2D eigenvalue weighted by atomic mass is 32.1. The first-order valence-corrected chi connectivity index (χ1v) is 9.25. The van der Waals surface area contributed by atoms with Crippen LogP contribution >= 0.6 is 11.3 Å². The Morgan fingerprint density at radius 2 is 1.85 bits per heavy atom. The number of hydrogen-bond donors (Lipinski definition) is 1. The van der Waals surface area contributed by atoms with Gasteiger partial charge in [-0.2, -0.15) is 0 Å². The average molecular weight is 384 g/mol. The molecule has 1 heterocycles. The summed E-state index contributed by atoms with van der Waals surface area (Å²) < 4.78 is 11.4. The van der Waals surface area contributed by atoms with Crippen molar-refractivity contribution in [3.05, 3.63) is 53.1 Å². The van der Waals surface area contributed by atoms with E-state index in [0.717, 1.165) is 26.9 Å². The predicted octanol–water partition coefficient (Wildman–Crippen LogP) is 3.78. The van der Waals surface area contributed by atoms with Crippen LogP contribution in [-0.2, 0) is 14.3 Å². The second-order valence-corrected chi connectivity index (χ2v) is 7.24. The van der Waals surface area contributed by atoms with Gasteiger partial charge in [-0.3, -0.25) is 10.1 Å². The Morgan fingerprint density at radius 3 is 2.63 bits per heavy atom. The van der Waals surface area contributed by atoms with Crippen LogP contribution in [0.15, 0.2) is 36.4 Å². The average Bonchev–Trinajstić information content (AvgIpc) is 3.02. The molecule has 27 heavy (non-hydrogen) atoms. The van der Waals surface area contributed by atoms with E-state index in [9.17, 15) is 9.59 Å². The largest absolute Gasteiger partial charge is 0.482 e. The van der Waals surface area contributed by atoms with Crippen LogP contribution in [0.5, 0.6) is 5.75 Å². The van der Waals surface area contributed by atoms with E-state index in [4.69, 9.17) is 9.47 Å². The molecule has 2 aromatic carbocycles. The van der Waals surface area contributed by atoms with E-state index in [1.807, 2.05) is 51.1 Å². The number of carbonyl (C=O) groups excluding carboxylic acids is 2. The summed E-state index contributed by atoms with van der Waals surface area (Å²) in [5.41, 5.74) is 3.99. The number of anilines is 1. The highest BCUT2D eigenvalue weighted by Gasteiger charge is 2.12. The van der Waals surface area contributed by atoms with Crippen molar-refractivity contribution < 1.29 is 19.1 Å². The van der Waals surface area contributed by atoms with Crippen LogP contribution in [0.1, 0.15) is 16.7 Å². The van der Waals surface area contributed by atoms with Gasteiger partial charge in [0, 0.05) is 0 Å². The second-order valence-electron chi connectivity index (χ2n) is 6.21. The molecule has 1 N–H and O–H groups in total. The fourth-order valence-electron chi connectivity index (χ4n) is 2.62. The lowest BCUT2D eigenvalue weighted by molar-refractivity contribution is -0.149. The first-order valence-electron chi connectivity index (χ1n) is 8.44. The van der Waals surface area contributed by atoms with Crippen molar-refractivity contribution in [2.24, 2.45) is 0 Å². The van der Waals surface area contributed by atoms with Crippen molar-refractivity contribution in [1.82, 2.24) is 4.98 Å². The lowest BCUT2D eigenvalue weighted by Crippen LogP contribution is -2.23. The predicted molar refractivity (Wildman–Crippen MR) is 105 cm³/mol. The summed E-state index contributed by atoms with van der Waals surface area (Å²) in [4.78, 5) is 28.2. The first-order chi connectivity index (χ1) is 12.9. The van der Waals surface area contributed by atoms with Crippen LogP contribution in [0.3, 0.4) is 0 Å². The van der Waals surface area contributed by atoms with E-state index in [2.05, 4.69) is 10.3 Å². The molecule has 0 unspecified atom stereocenters. The number of aromatic nitrogens is 1. The monoisotopic (exact) mass is 384 g/mol. The Morgan fingerprint density at radius 1 is 1.07 bits per heavy atom. The van der Waals surface area contributed by atoms with E-state index in [-0.39, 0.29) is 13.2 Å². The molecule has 0 fully saturated rings. The molecule has 0 saturated carbocycles. The van der Waals surface area contributed by atoms with Gasteiger partial charge in [0.2, 0.25) is 0 Å². The number of thiazole rings is 1. The number of hydrogen-bond acceptors (Lipinski definition) is 6. The number of amides is 1. The Kier molecular flexibility index (Phi) is 5.71. The van der Waals surface area contributed by atoms with Crippen molar-refractivity contribution >= 4 is 38.6 Å². The molecule has 1 amide bonds. The van der Waals surface area contributed by atoms with Crippen LogP contribution in [0.25, 0.3) is 10.2 Å². The summed E-state index contributed by atoms with van der Waals surface area (Å²) in [6, 6.07) is 11.4. The molecule has 0 aliphatic carbocycles. The summed E-state index contributed by atoms with van der Waals surface area (Å²) in [6.45, 7) is 5.25. The summed E-state index contributed by atoms with van der Waals surface area (Å²) in [5.74, 6) is -0.434. The first kappa shape index (κ1) is 18.8. The van der Waals surface area contributed by atoms with Gasteiger partial charge in [-0.25, -0.2) is 9.78 Å². The van der Waals surface area contributed by atoms with E-state index in [0.29, 0.717) is 10.9 Å². The SMILES string of the molecule is Cc1cc(C)c2nc(NC(=O)COC(=O)COc3ccccc3C)sc2c1. The smallest absolute Gasteiger partial charge is 0.344 e. The molecule has 1 aromatic heterocycles. The number of nitrogens with zero attached hydrogens (tertiary/aromatic N) is 1. The highest BCUT2D eigenvalue weighted by molar-refractivity contribution is 7.22. The van der Waals surface area contributed by atoms with Gasteiger partial charge < -0.3 is 9.47 Å².